The number of rotatable bonds is 8. The zero-order chi connectivity index (χ0) is 26.5. The van der Waals surface area contributed by atoms with Gasteiger partial charge in [0.1, 0.15) is 17.2 Å². The number of benzene rings is 4. The molecule has 0 fully saturated rings. The molecule has 5 rings (SSSR count). The van der Waals surface area contributed by atoms with Crippen molar-refractivity contribution in [1.82, 2.24) is 9.47 Å². The molecule has 0 atom stereocenters. The third kappa shape index (κ3) is 5.42. The molecule has 1 amide bonds. The largest absolute Gasteiger partial charge is 0.457 e. The Hall–Kier alpha value is -4.51. The van der Waals surface area contributed by atoms with E-state index in [0.29, 0.717) is 25.4 Å². The first-order chi connectivity index (χ1) is 18.6. The molecule has 0 bridgehead atoms. The highest BCUT2D eigenvalue weighted by molar-refractivity contribution is 5.99. The quantitative estimate of drug-likeness (QED) is 0.213. The lowest BCUT2D eigenvalue weighted by atomic mass is 9.99. The van der Waals surface area contributed by atoms with Gasteiger partial charge >= 0.3 is 6.09 Å². The monoisotopic (exact) mass is 504 g/mol. The number of nitrogens with zero attached hydrogens (tertiary/aromatic N) is 2. The lowest BCUT2D eigenvalue weighted by molar-refractivity contribution is 0.157. The fourth-order valence-corrected chi connectivity index (χ4v) is 4.66. The van der Waals surface area contributed by atoms with Gasteiger partial charge in [0.2, 0.25) is 0 Å². The van der Waals surface area contributed by atoms with Gasteiger partial charge in [0.15, 0.2) is 0 Å². The molecular formula is C33H32N2O3. The van der Waals surface area contributed by atoms with E-state index in [-0.39, 0.29) is 6.09 Å². The summed E-state index contributed by atoms with van der Waals surface area (Å²) < 4.78 is 14.2. The molecule has 4 aromatic carbocycles. The Bertz CT molecular complexity index is 1530. The SMILES string of the molecule is CCN(CC)C(=O)Oc1ccc2c(ccn2Cc2cccc(Oc3ccccc3)c2)c1-c1ccc(C)cc1. The van der Waals surface area contributed by atoms with Crippen LogP contribution in [0.25, 0.3) is 22.0 Å². The minimum atomic E-state index is -0.336. The summed E-state index contributed by atoms with van der Waals surface area (Å²) in [7, 11) is 0. The number of carbonyl (C=O) groups excluding carboxylic acids is 1. The molecule has 0 spiro atoms. The van der Waals surface area contributed by atoms with Gasteiger partial charge in [0, 0.05) is 42.3 Å². The van der Waals surface area contributed by atoms with Crippen LogP contribution in [0.3, 0.4) is 0 Å². The first kappa shape index (κ1) is 25.2. The van der Waals surface area contributed by atoms with Crippen molar-refractivity contribution in [1.29, 1.82) is 0 Å². The molecule has 0 unspecified atom stereocenters. The second-order valence-corrected chi connectivity index (χ2v) is 9.28. The summed E-state index contributed by atoms with van der Waals surface area (Å²) in [5, 5.41) is 1.04. The van der Waals surface area contributed by atoms with Gasteiger partial charge in [-0.05, 0) is 74.4 Å². The van der Waals surface area contributed by atoms with Crippen LogP contribution < -0.4 is 9.47 Å². The number of para-hydroxylation sites is 1. The summed E-state index contributed by atoms with van der Waals surface area (Å²) in [6, 6.07) is 32.3. The fourth-order valence-electron chi connectivity index (χ4n) is 4.66. The predicted molar refractivity (Wildman–Crippen MR) is 153 cm³/mol. The standard InChI is InChI=1S/C33H32N2O3/c1-4-34(5-2)33(36)38-31-19-18-30-29(32(31)26-16-14-24(3)15-17-26)20-21-35(30)23-25-10-9-13-28(22-25)37-27-11-7-6-8-12-27/h6-22H,4-5,23H2,1-3H3. The Morgan fingerprint density at radius 2 is 1.55 bits per heavy atom. The third-order valence-corrected chi connectivity index (χ3v) is 6.70. The van der Waals surface area contributed by atoms with E-state index in [4.69, 9.17) is 9.47 Å². The first-order valence-corrected chi connectivity index (χ1v) is 13.0. The van der Waals surface area contributed by atoms with Crippen molar-refractivity contribution in [3.63, 3.8) is 0 Å². The number of hydrogen-bond donors (Lipinski definition) is 0. The smallest absolute Gasteiger partial charge is 0.415 e. The normalized spacial score (nSPS) is 10.9. The van der Waals surface area contributed by atoms with E-state index >= 15 is 0 Å². The van der Waals surface area contributed by atoms with Crippen LogP contribution in [0.5, 0.6) is 17.2 Å². The van der Waals surface area contributed by atoms with Gasteiger partial charge in [-0.1, -0.05) is 60.2 Å². The minimum Gasteiger partial charge on any atom is -0.457 e. The van der Waals surface area contributed by atoms with Crippen molar-refractivity contribution in [3.05, 3.63) is 114 Å². The highest BCUT2D eigenvalue weighted by Crippen LogP contribution is 2.38. The second-order valence-electron chi connectivity index (χ2n) is 9.28. The molecule has 0 saturated carbocycles. The summed E-state index contributed by atoms with van der Waals surface area (Å²) >= 11 is 0. The summed E-state index contributed by atoms with van der Waals surface area (Å²) in [6.07, 6.45) is 1.75. The van der Waals surface area contributed by atoms with Gasteiger partial charge in [-0.15, -0.1) is 0 Å². The van der Waals surface area contributed by atoms with E-state index < -0.39 is 0 Å². The van der Waals surface area contributed by atoms with E-state index in [1.165, 1.54) is 5.56 Å². The molecule has 38 heavy (non-hydrogen) atoms. The van der Waals surface area contributed by atoms with Crippen molar-refractivity contribution in [3.8, 4) is 28.4 Å². The van der Waals surface area contributed by atoms with Gasteiger partial charge in [-0.25, -0.2) is 4.79 Å². The van der Waals surface area contributed by atoms with Crippen molar-refractivity contribution in [2.24, 2.45) is 0 Å². The van der Waals surface area contributed by atoms with Crippen LogP contribution in [-0.2, 0) is 6.54 Å². The van der Waals surface area contributed by atoms with Gasteiger partial charge in [-0.2, -0.15) is 0 Å². The molecule has 5 heteroatoms. The van der Waals surface area contributed by atoms with Crippen molar-refractivity contribution in [2.75, 3.05) is 13.1 Å². The maximum absolute atomic E-state index is 12.8. The maximum Gasteiger partial charge on any atom is 0.415 e. The average Bonchev–Trinajstić information content (AvgIpc) is 3.33. The van der Waals surface area contributed by atoms with Gasteiger partial charge in [0.05, 0.1) is 0 Å². The molecule has 0 radical (unpaired) electrons. The molecule has 5 aromatic rings. The van der Waals surface area contributed by atoms with Crippen molar-refractivity contribution < 1.29 is 14.3 Å². The van der Waals surface area contributed by atoms with Crippen LogP contribution in [0.4, 0.5) is 4.79 Å². The Kier molecular flexibility index (Phi) is 7.45. The van der Waals surface area contributed by atoms with E-state index in [2.05, 4.69) is 60.2 Å². The lowest BCUT2D eigenvalue weighted by Gasteiger charge is -2.20. The zero-order valence-corrected chi connectivity index (χ0v) is 22.1. The predicted octanol–water partition coefficient (Wildman–Crippen LogP) is 8.30. The van der Waals surface area contributed by atoms with Gasteiger partial charge in [-0.3, -0.25) is 0 Å². The van der Waals surface area contributed by atoms with E-state index in [0.717, 1.165) is 39.1 Å². The highest BCUT2D eigenvalue weighted by atomic mass is 16.6. The molecule has 0 aliphatic carbocycles. The summed E-state index contributed by atoms with van der Waals surface area (Å²) in [5.41, 5.74) is 5.31. The molecule has 192 valence electrons. The highest BCUT2D eigenvalue weighted by Gasteiger charge is 2.19. The summed E-state index contributed by atoms with van der Waals surface area (Å²) in [6.45, 7) is 7.85. The summed E-state index contributed by atoms with van der Waals surface area (Å²) in [5.74, 6) is 2.18. The maximum atomic E-state index is 12.8. The van der Waals surface area contributed by atoms with Crippen molar-refractivity contribution in [2.45, 2.75) is 27.3 Å². The topological polar surface area (TPSA) is 43.7 Å². The van der Waals surface area contributed by atoms with E-state index in [9.17, 15) is 4.79 Å². The summed E-state index contributed by atoms with van der Waals surface area (Å²) in [4.78, 5) is 14.5. The van der Waals surface area contributed by atoms with E-state index in [1.807, 2.05) is 68.4 Å². The molecule has 0 N–H and O–H groups in total. The Morgan fingerprint density at radius 1 is 0.816 bits per heavy atom. The van der Waals surface area contributed by atoms with Crippen LogP contribution in [0.2, 0.25) is 0 Å². The van der Waals surface area contributed by atoms with Gasteiger partial charge in [0.25, 0.3) is 0 Å². The molecule has 0 aliphatic rings. The van der Waals surface area contributed by atoms with Gasteiger partial charge < -0.3 is 18.9 Å². The number of aryl methyl sites for hydroxylation is 1. The van der Waals surface area contributed by atoms with Crippen LogP contribution in [-0.4, -0.2) is 28.6 Å². The Labute approximate surface area is 223 Å². The fraction of sp³-hybridized carbons (Fsp3) is 0.182. The minimum absolute atomic E-state index is 0.336. The number of ether oxygens (including phenoxy) is 2. The number of fused-ring (bicyclic) bond motifs is 1. The van der Waals surface area contributed by atoms with Crippen molar-refractivity contribution >= 4 is 17.0 Å². The molecule has 5 nitrogen and oxygen atoms in total. The molecule has 0 saturated heterocycles. The third-order valence-electron chi connectivity index (χ3n) is 6.70. The van der Waals surface area contributed by atoms with Crippen LogP contribution in [0.1, 0.15) is 25.0 Å². The zero-order valence-electron chi connectivity index (χ0n) is 22.1. The first-order valence-electron chi connectivity index (χ1n) is 13.0. The Morgan fingerprint density at radius 3 is 2.29 bits per heavy atom. The lowest BCUT2D eigenvalue weighted by Crippen LogP contribution is -2.33. The Balaban J connectivity index is 1.50. The molecular weight excluding hydrogens is 472 g/mol. The number of amides is 1. The number of hydrogen-bond acceptors (Lipinski definition) is 3. The van der Waals surface area contributed by atoms with Crippen LogP contribution in [0.15, 0.2) is 103 Å². The number of carbonyl (C=O) groups is 1. The molecule has 1 aromatic heterocycles. The second kappa shape index (κ2) is 11.3. The average molecular weight is 505 g/mol. The van der Waals surface area contributed by atoms with Crippen LogP contribution >= 0.6 is 0 Å². The number of aromatic nitrogens is 1. The van der Waals surface area contributed by atoms with Crippen LogP contribution in [0, 0.1) is 6.92 Å². The molecule has 1 heterocycles. The van der Waals surface area contributed by atoms with E-state index in [1.54, 1.807) is 4.90 Å². The molecule has 0 aliphatic heterocycles.